The van der Waals surface area contributed by atoms with Gasteiger partial charge in [-0.15, -0.1) is 11.3 Å². The van der Waals surface area contributed by atoms with E-state index in [9.17, 15) is 22.8 Å². The van der Waals surface area contributed by atoms with Crippen LogP contribution in [-0.4, -0.2) is 44.0 Å². The first-order valence-corrected chi connectivity index (χ1v) is 12.3. The van der Waals surface area contributed by atoms with Crippen LogP contribution in [0.15, 0.2) is 72.5 Å². The molecular formula is C27H20F3N5O4S. The van der Waals surface area contributed by atoms with E-state index in [0.29, 0.717) is 21.8 Å². The number of rotatable bonds is 5. The van der Waals surface area contributed by atoms with Gasteiger partial charge in [0.15, 0.2) is 5.01 Å². The van der Waals surface area contributed by atoms with Crippen LogP contribution in [0.1, 0.15) is 25.7 Å². The van der Waals surface area contributed by atoms with E-state index in [1.54, 1.807) is 30.0 Å². The van der Waals surface area contributed by atoms with Gasteiger partial charge in [-0.25, -0.2) is 9.78 Å². The Labute approximate surface area is 228 Å². The van der Waals surface area contributed by atoms with Crippen LogP contribution in [0.25, 0.3) is 33.3 Å². The lowest BCUT2D eigenvalue weighted by Gasteiger charge is -2.12. The van der Waals surface area contributed by atoms with Crippen molar-refractivity contribution in [1.29, 1.82) is 0 Å². The maximum Gasteiger partial charge on any atom is 0.490 e. The summed E-state index contributed by atoms with van der Waals surface area (Å²) < 4.78 is 31.7. The first-order valence-electron chi connectivity index (χ1n) is 11.4. The number of nitrogens with one attached hydrogen (secondary N) is 2. The Bertz CT molecular complexity index is 1700. The quantitative estimate of drug-likeness (QED) is 0.216. The van der Waals surface area contributed by atoms with Crippen LogP contribution in [0.2, 0.25) is 0 Å². The minimum atomic E-state index is -5.08. The number of benzene rings is 2. The van der Waals surface area contributed by atoms with Crippen LogP contribution < -0.4 is 11.1 Å². The van der Waals surface area contributed by atoms with E-state index in [2.05, 4.69) is 20.3 Å². The lowest BCUT2D eigenvalue weighted by molar-refractivity contribution is -0.192. The number of carbonyl (C=O) groups excluding carboxylic acids is 2. The second kappa shape index (κ2) is 11.4. The van der Waals surface area contributed by atoms with Crippen molar-refractivity contribution in [2.45, 2.75) is 13.1 Å². The molecule has 3 heterocycles. The molecule has 0 saturated carbocycles. The van der Waals surface area contributed by atoms with Gasteiger partial charge in [-0.2, -0.15) is 13.2 Å². The molecule has 0 atom stereocenters. The molecule has 0 aliphatic carbocycles. The predicted molar refractivity (Wildman–Crippen MR) is 144 cm³/mol. The Morgan fingerprint density at radius 1 is 1.05 bits per heavy atom. The number of H-pyrrole nitrogens is 1. The standard InChI is InChI=1S/C25H19N5O2S.C2HF3O2/c1-14-4-5-16(29-24(32)25-28-9-10-33-25)11-19(14)17-6-7-18(23(26)31)22-20(17)12-21(30-22)15-3-2-8-27-13-15;3-2(4,5)1(6)7/h2-13,30H,1H3,(H2,26,31)(H,29,32);(H,6,7). The zero-order chi connectivity index (χ0) is 29.0. The minimum absolute atomic E-state index is 0.255. The lowest BCUT2D eigenvalue weighted by atomic mass is 9.95. The summed E-state index contributed by atoms with van der Waals surface area (Å²) in [7, 11) is 0. The summed E-state index contributed by atoms with van der Waals surface area (Å²) in [5.74, 6) is -3.52. The number of halogens is 3. The van der Waals surface area contributed by atoms with Gasteiger partial charge in [-0.1, -0.05) is 12.1 Å². The topological polar surface area (TPSA) is 151 Å². The highest BCUT2D eigenvalue weighted by Crippen LogP contribution is 2.36. The fourth-order valence-electron chi connectivity index (χ4n) is 3.85. The van der Waals surface area contributed by atoms with Crippen molar-refractivity contribution < 1.29 is 32.7 Å². The number of aromatic amines is 1. The Hall–Kier alpha value is -5.04. The van der Waals surface area contributed by atoms with Gasteiger partial charge < -0.3 is 21.1 Å². The average molecular weight is 568 g/mol. The van der Waals surface area contributed by atoms with Crippen molar-refractivity contribution in [3.8, 4) is 22.4 Å². The average Bonchev–Trinajstić information content (AvgIpc) is 3.60. The number of fused-ring (bicyclic) bond motifs is 1. The fourth-order valence-corrected chi connectivity index (χ4v) is 4.38. The fraction of sp³-hybridized carbons (Fsp3) is 0.0741. The van der Waals surface area contributed by atoms with Gasteiger partial charge in [-0.3, -0.25) is 14.6 Å². The SMILES string of the molecule is Cc1ccc(NC(=O)c2nccs2)cc1-c1ccc(C(N)=O)c2[nH]c(-c3cccnc3)cc12.O=C(O)C(F)(F)F. The minimum Gasteiger partial charge on any atom is -0.475 e. The molecule has 0 aliphatic heterocycles. The molecule has 0 radical (unpaired) electrons. The van der Waals surface area contributed by atoms with Gasteiger partial charge in [0, 0.05) is 46.3 Å². The first-order chi connectivity index (χ1) is 19.0. The number of hydrogen-bond acceptors (Lipinski definition) is 6. The van der Waals surface area contributed by atoms with Gasteiger partial charge in [-0.05, 0) is 60.0 Å². The van der Waals surface area contributed by atoms with Crippen LogP contribution in [0.4, 0.5) is 18.9 Å². The van der Waals surface area contributed by atoms with Crippen molar-refractivity contribution in [2.24, 2.45) is 5.73 Å². The summed E-state index contributed by atoms with van der Waals surface area (Å²) in [6, 6.07) is 15.1. The highest BCUT2D eigenvalue weighted by molar-refractivity contribution is 7.11. The summed E-state index contributed by atoms with van der Waals surface area (Å²) in [4.78, 5) is 45.1. The number of carbonyl (C=O) groups is 3. The van der Waals surface area contributed by atoms with E-state index >= 15 is 0 Å². The molecular weight excluding hydrogens is 547 g/mol. The molecule has 0 unspecified atom stereocenters. The zero-order valence-corrected chi connectivity index (χ0v) is 21.4. The monoisotopic (exact) mass is 567 g/mol. The summed E-state index contributed by atoms with van der Waals surface area (Å²) >= 11 is 1.28. The molecule has 0 bridgehead atoms. The van der Waals surface area contributed by atoms with Crippen molar-refractivity contribution >= 4 is 45.7 Å². The summed E-state index contributed by atoms with van der Waals surface area (Å²) in [6.07, 6.45) is -0.0153. The number of nitrogens with two attached hydrogens (primary N) is 1. The van der Waals surface area contributed by atoms with Gasteiger partial charge in [0.05, 0.1) is 11.1 Å². The lowest BCUT2D eigenvalue weighted by Crippen LogP contribution is -2.21. The number of carboxylic acid groups (broad SMARTS) is 1. The Kier molecular flexibility index (Phi) is 7.95. The molecule has 0 fully saturated rings. The number of primary amides is 1. The van der Waals surface area contributed by atoms with Crippen LogP contribution in [-0.2, 0) is 4.79 Å². The number of alkyl halides is 3. The second-order valence-electron chi connectivity index (χ2n) is 8.36. The summed E-state index contributed by atoms with van der Waals surface area (Å²) in [5, 5.41) is 13.1. The maximum absolute atomic E-state index is 12.5. The smallest absolute Gasteiger partial charge is 0.475 e. The number of carboxylic acids is 1. The number of aromatic nitrogens is 3. The van der Waals surface area contributed by atoms with E-state index < -0.39 is 18.1 Å². The van der Waals surface area contributed by atoms with Crippen molar-refractivity contribution in [1.82, 2.24) is 15.0 Å². The van der Waals surface area contributed by atoms with Gasteiger partial charge in [0.1, 0.15) is 0 Å². The summed E-state index contributed by atoms with van der Waals surface area (Å²) in [5.41, 5.74) is 12.0. The van der Waals surface area contributed by atoms with Crippen LogP contribution in [0.3, 0.4) is 0 Å². The van der Waals surface area contributed by atoms with E-state index in [1.807, 2.05) is 49.4 Å². The van der Waals surface area contributed by atoms with E-state index in [4.69, 9.17) is 15.6 Å². The van der Waals surface area contributed by atoms with Crippen molar-refractivity contribution in [3.05, 3.63) is 88.6 Å². The predicted octanol–water partition coefficient (Wildman–Crippen LogP) is 5.65. The molecule has 204 valence electrons. The molecule has 0 spiro atoms. The molecule has 5 N–H and O–H groups in total. The highest BCUT2D eigenvalue weighted by atomic mass is 32.1. The number of aryl methyl sites for hydroxylation is 1. The third-order valence-corrected chi connectivity index (χ3v) is 6.46. The number of aliphatic carboxylic acids is 1. The molecule has 5 rings (SSSR count). The van der Waals surface area contributed by atoms with Crippen LogP contribution >= 0.6 is 11.3 Å². The van der Waals surface area contributed by atoms with Crippen molar-refractivity contribution in [3.63, 3.8) is 0 Å². The second-order valence-corrected chi connectivity index (χ2v) is 9.26. The number of thiazole rings is 1. The van der Waals surface area contributed by atoms with Crippen LogP contribution in [0, 0.1) is 6.92 Å². The Balaban J connectivity index is 0.000000470. The van der Waals surface area contributed by atoms with E-state index in [-0.39, 0.29) is 5.91 Å². The Morgan fingerprint density at radius 2 is 1.80 bits per heavy atom. The largest absolute Gasteiger partial charge is 0.490 e. The molecule has 3 aromatic heterocycles. The number of amides is 2. The number of nitrogens with zero attached hydrogens (tertiary/aromatic N) is 2. The summed E-state index contributed by atoms with van der Waals surface area (Å²) in [6.45, 7) is 2.00. The van der Waals surface area contributed by atoms with E-state index in [0.717, 1.165) is 33.3 Å². The van der Waals surface area contributed by atoms with Crippen LogP contribution in [0.5, 0.6) is 0 Å². The van der Waals surface area contributed by atoms with Gasteiger partial charge in [0.25, 0.3) is 11.8 Å². The number of anilines is 1. The number of pyridine rings is 1. The first kappa shape index (κ1) is 28.0. The molecule has 5 aromatic rings. The molecule has 0 aliphatic rings. The zero-order valence-electron chi connectivity index (χ0n) is 20.6. The van der Waals surface area contributed by atoms with E-state index in [1.165, 1.54) is 11.3 Å². The molecule has 9 nitrogen and oxygen atoms in total. The number of hydrogen-bond donors (Lipinski definition) is 4. The molecule has 2 amide bonds. The maximum atomic E-state index is 12.5. The molecule has 2 aromatic carbocycles. The van der Waals surface area contributed by atoms with Gasteiger partial charge in [0.2, 0.25) is 0 Å². The normalized spacial score (nSPS) is 11.0. The Morgan fingerprint density at radius 3 is 2.40 bits per heavy atom. The molecule has 40 heavy (non-hydrogen) atoms. The van der Waals surface area contributed by atoms with Crippen molar-refractivity contribution in [2.75, 3.05) is 5.32 Å². The molecule has 13 heteroatoms. The third kappa shape index (κ3) is 6.15. The third-order valence-electron chi connectivity index (χ3n) is 5.69. The highest BCUT2D eigenvalue weighted by Gasteiger charge is 2.38. The molecule has 0 saturated heterocycles. The van der Waals surface area contributed by atoms with Gasteiger partial charge >= 0.3 is 12.1 Å².